The average molecular weight is 414 g/mol. The highest BCUT2D eigenvalue weighted by atomic mass is 32.1. The summed E-state index contributed by atoms with van der Waals surface area (Å²) >= 11 is 1.76. The van der Waals surface area contributed by atoms with E-state index in [1.54, 1.807) is 11.3 Å². The molecule has 3 heterocycles. The Kier molecular flexibility index (Phi) is 5.73. The number of rotatable bonds is 3. The molecule has 1 saturated heterocycles. The maximum Gasteiger partial charge on any atom is 0.408 e. The van der Waals surface area contributed by atoms with Crippen molar-refractivity contribution >= 4 is 39.6 Å². The number of carbonyl (C=O) groups excluding carboxylic acids is 1. The molecule has 2 aromatic rings. The van der Waals surface area contributed by atoms with Gasteiger partial charge in [-0.3, -0.25) is 4.90 Å². The number of nitrogens with one attached hydrogen (secondary N) is 2. The summed E-state index contributed by atoms with van der Waals surface area (Å²) in [7, 11) is 0. The van der Waals surface area contributed by atoms with Crippen molar-refractivity contribution in [2.75, 3.05) is 38.2 Å². The Bertz CT molecular complexity index is 916. The van der Waals surface area contributed by atoms with Gasteiger partial charge in [0.2, 0.25) is 0 Å². The molecule has 0 saturated carbocycles. The van der Waals surface area contributed by atoms with Gasteiger partial charge in [-0.1, -0.05) is 12.1 Å². The third-order valence-corrected chi connectivity index (χ3v) is 5.90. The zero-order chi connectivity index (χ0) is 20.4. The minimum atomic E-state index is -0.364. The summed E-state index contributed by atoms with van der Waals surface area (Å²) in [6.07, 6.45) is -0.364. The minimum Gasteiger partial charge on any atom is -0.433 e. The van der Waals surface area contributed by atoms with Crippen molar-refractivity contribution in [1.82, 2.24) is 15.1 Å². The van der Waals surface area contributed by atoms with Crippen molar-refractivity contribution in [1.29, 1.82) is 0 Å². The van der Waals surface area contributed by atoms with Gasteiger partial charge in [-0.15, -0.1) is 11.3 Å². The molecule has 2 aliphatic rings. The van der Waals surface area contributed by atoms with Crippen LogP contribution in [-0.2, 0) is 4.74 Å². The number of anilines is 2. The first-order valence-electron chi connectivity index (χ1n) is 9.96. The zero-order valence-electron chi connectivity index (χ0n) is 17.1. The molecular formula is C21H27N5O2S. The number of ether oxygens (including phenoxy) is 1. The van der Waals surface area contributed by atoms with Crippen LogP contribution < -0.4 is 10.6 Å². The van der Waals surface area contributed by atoms with E-state index >= 15 is 0 Å². The first-order valence-corrected chi connectivity index (χ1v) is 10.8. The van der Waals surface area contributed by atoms with Crippen LogP contribution >= 0.6 is 11.3 Å². The number of amides is 1. The zero-order valence-corrected chi connectivity index (χ0v) is 17.9. The van der Waals surface area contributed by atoms with Crippen LogP contribution in [0.5, 0.6) is 0 Å². The molecule has 0 unspecified atom stereocenters. The number of piperazine rings is 1. The van der Waals surface area contributed by atoms with Crippen LogP contribution in [-0.4, -0.2) is 60.7 Å². The number of para-hydroxylation sites is 2. The number of benzene rings is 1. The second-order valence-corrected chi connectivity index (χ2v) is 8.90. The summed E-state index contributed by atoms with van der Waals surface area (Å²) in [4.78, 5) is 22.5. The third-order valence-electron chi connectivity index (χ3n) is 4.93. The number of amidine groups is 1. The van der Waals surface area contributed by atoms with Gasteiger partial charge in [-0.2, -0.15) is 0 Å². The van der Waals surface area contributed by atoms with Gasteiger partial charge in [0, 0.05) is 37.1 Å². The molecule has 29 heavy (non-hydrogen) atoms. The second kappa shape index (κ2) is 8.42. The standard InChI is InChI=1S/C21H27N5O2S/c1-14(2)22-21(27)28-13-25-8-10-26(11-9-25)19-16-12-15(3)29-20(16)24-18-7-5-4-6-17(18)23-19/h4-7,12,14,24H,8-11,13H2,1-3H3,(H,22,27). The lowest BCUT2D eigenvalue weighted by Crippen LogP contribution is -2.50. The first-order chi connectivity index (χ1) is 14.0. The highest BCUT2D eigenvalue weighted by Crippen LogP contribution is 2.39. The molecule has 0 spiro atoms. The van der Waals surface area contributed by atoms with E-state index in [1.165, 1.54) is 4.88 Å². The Morgan fingerprint density at radius 2 is 2.03 bits per heavy atom. The van der Waals surface area contributed by atoms with Crippen LogP contribution in [0.15, 0.2) is 35.3 Å². The Hall–Kier alpha value is -2.58. The Labute approximate surface area is 175 Å². The molecule has 154 valence electrons. The van der Waals surface area contributed by atoms with Crippen LogP contribution in [0, 0.1) is 6.92 Å². The maximum absolute atomic E-state index is 11.7. The predicted octanol–water partition coefficient (Wildman–Crippen LogP) is 3.90. The maximum atomic E-state index is 11.7. The van der Waals surface area contributed by atoms with Gasteiger partial charge in [-0.05, 0) is 39.0 Å². The highest BCUT2D eigenvalue weighted by Gasteiger charge is 2.26. The van der Waals surface area contributed by atoms with E-state index < -0.39 is 0 Å². The molecule has 0 bridgehead atoms. The molecule has 2 N–H and O–H groups in total. The van der Waals surface area contributed by atoms with Crippen molar-refractivity contribution in [2.45, 2.75) is 26.8 Å². The van der Waals surface area contributed by atoms with Crippen molar-refractivity contribution < 1.29 is 9.53 Å². The number of thiophene rings is 1. The van der Waals surface area contributed by atoms with Crippen LogP contribution in [0.3, 0.4) is 0 Å². The van der Waals surface area contributed by atoms with E-state index in [0.717, 1.165) is 54.0 Å². The van der Waals surface area contributed by atoms with Crippen LogP contribution in [0.2, 0.25) is 0 Å². The summed E-state index contributed by atoms with van der Waals surface area (Å²) in [6, 6.07) is 10.4. The summed E-state index contributed by atoms with van der Waals surface area (Å²) in [5.41, 5.74) is 3.15. The summed E-state index contributed by atoms with van der Waals surface area (Å²) in [5.74, 6) is 1.01. The topological polar surface area (TPSA) is 69.2 Å². The summed E-state index contributed by atoms with van der Waals surface area (Å²) in [6.45, 7) is 9.59. The fourth-order valence-corrected chi connectivity index (χ4v) is 4.42. The minimum absolute atomic E-state index is 0.0762. The van der Waals surface area contributed by atoms with Gasteiger partial charge in [0.1, 0.15) is 17.6 Å². The number of nitrogens with zero attached hydrogens (tertiary/aromatic N) is 3. The molecule has 2 aliphatic heterocycles. The molecule has 1 amide bonds. The SMILES string of the molecule is Cc1cc2c(s1)Nc1ccccc1N=C2N1CCN(COC(=O)NC(C)C)CC1. The largest absolute Gasteiger partial charge is 0.433 e. The van der Waals surface area contributed by atoms with E-state index in [1.807, 2.05) is 32.0 Å². The van der Waals surface area contributed by atoms with Gasteiger partial charge >= 0.3 is 6.09 Å². The molecule has 1 aromatic carbocycles. The lowest BCUT2D eigenvalue weighted by atomic mass is 10.2. The quantitative estimate of drug-likeness (QED) is 0.799. The summed E-state index contributed by atoms with van der Waals surface area (Å²) in [5, 5.41) is 7.44. The average Bonchev–Trinajstić information content (AvgIpc) is 2.98. The molecule has 4 rings (SSSR count). The first kappa shape index (κ1) is 19.7. The molecule has 0 atom stereocenters. The molecule has 1 aromatic heterocycles. The van der Waals surface area contributed by atoms with E-state index in [-0.39, 0.29) is 12.1 Å². The monoisotopic (exact) mass is 413 g/mol. The van der Waals surface area contributed by atoms with Crippen LogP contribution in [0.4, 0.5) is 21.2 Å². The lowest BCUT2D eigenvalue weighted by Gasteiger charge is -2.36. The van der Waals surface area contributed by atoms with Gasteiger partial charge in [-0.25, -0.2) is 9.79 Å². The van der Waals surface area contributed by atoms with E-state index in [0.29, 0.717) is 6.73 Å². The normalized spacial score (nSPS) is 16.4. The van der Waals surface area contributed by atoms with E-state index in [2.05, 4.69) is 39.5 Å². The fraction of sp³-hybridized carbons (Fsp3) is 0.429. The third kappa shape index (κ3) is 4.54. The number of hydrogen-bond acceptors (Lipinski definition) is 7. The second-order valence-electron chi connectivity index (χ2n) is 7.64. The van der Waals surface area contributed by atoms with Crippen LogP contribution in [0.1, 0.15) is 24.3 Å². The van der Waals surface area contributed by atoms with Crippen molar-refractivity contribution in [2.24, 2.45) is 4.99 Å². The molecular weight excluding hydrogens is 386 g/mol. The lowest BCUT2D eigenvalue weighted by molar-refractivity contribution is 0.0478. The van der Waals surface area contributed by atoms with Gasteiger partial charge in [0.15, 0.2) is 0 Å². The fourth-order valence-electron chi connectivity index (χ4n) is 3.50. The Morgan fingerprint density at radius 1 is 1.28 bits per heavy atom. The van der Waals surface area contributed by atoms with E-state index in [4.69, 9.17) is 9.73 Å². The van der Waals surface area contributed by atoms with Gasteiger partial charge < -0.3 is 20.3 Å². The van der Waals surface area contributed by atoms with Crippen molar-refractivity contribution in [3.63, 3.8) is 0 Å². The number of aryl methyl sites for hydroxylation is 1. The number of hydrogen-bond donors (Lipinski definition) is 2. The van der Waals surface area contributed by atoms with E-state index in [9.17, 15) is 4.79 Å². The summed E-state index contributed by atoms with van der Waals surface area (Å²) < 4.78 is 5.32. The van der Waals surface area contributed by atoms with Crippen molar-refractivity contribution in [3.8, 4) is 0 Å². The molecule has 8 heteroatoms. The number of fused-ring (bicyclic) bond motifs is 2. The molecule has 7 nitrogen and oxygen atoms in total. The number of carbonyl (C=O) groups is 1. The highest BCUT2D eigenvalue weighted by molar-refractivity contribution is 7.16. The predicted molar refractivity (Wildman–Crippen MR) is 118 cm³/mol. The molecule has 0 radical (unpaired) electrons. The number of aliphatic imine (C=N–C) groups is 1. The Morgan fingerprint density at radius 3 is 2.79 bits per heavy atom. The molecule has 0 aliphatic carbocycles. The number of alkyl carbamates (subject to hydrolysis) is 1. The van der Waals surface area contributed by atoms with Gasteiger partial charge in [0.05, 0.1) is 16.9 Å². The Balaban J connectivity index is 1.46. The molecule has 1 fully saturated rings. The van der Waals surface area contributed by atoms with Crippen LogP contribution in [0.25, 0.3) is 0 Å². The smallest absolute Gasteiger partial charge is 0.408 e. The van der Waals surface area contributed by atoms with Crippen molar-refractivity contribution in [3.05, 3.63) is 40.8 Å². The van der Waals surface area contributed by atoms with Gasteiger partial charge in [0.25, 0.3) is 0 Å².